The highest BCUT2D eigenvalue weighted by molar-refractivity contribution is 5.86. The fourth-order valence-corrected chi connectivity index (χ4v) is 1.58. The molecule has 0 radical (unpaired) electrons. The Morgan fingerprint density at radius 2 is 1.55 bits per heavy atom. The smallest absolute Gasteiger partial charge is 0.334 e. The molecule has 0 heterocycles. The Morgan fingerprint density at radius 3 is 1.91 bits per heavy atom. The van der Waals surface area contributed by atoms with Gasteiger partial charge >= 0.3 is 23.9 Å². The number of nitrogens with zero attached hydrogens (tertiary/aromatic N) is 1. The Bertz CT molecular complexity index is 437. The van der Waals surface area contributed by atoms with Crippen LogP contribution < -0.4 is 5.32 Å². The molecule has 0 fully saturated rings. The first-order chi connectivity index (χ1) is 10.0. The van der Waals surface area contributed by atoms with E-state index < -0.39 is 49.1 Å². The molecule has 0 bridgehead atoms. The third kappa shape index (κ3) is 7.43. The third-order valence-electron chi connectivity index (χ3n) is 2.53. The van der Waals surface area contributed by atoms with E-state index in [1.807, 2.05) is 5.32 Å². The van der Waals surface area contributed by atoms with E-state index in [-0.39, 0.29) is 12.5 Å². The van der Waals surface area contributed by atoms with E-state index in [4.69, 9.17) is 15.3 Å². The average molecular weight is 320 g/mol. The van der Waals surface area contributed by atoms with Crippen molar-refractivity contribution in [1.29, 1.82) is 0 Å². The highest BCUT2D eigenvalue weighted by Gasteiger charge is 2.28. The number of amides is 2. The van der Waals surface area contributed by atoms with Gasteiger partial charge in [0.2, 0.25) is 0 Å². The fourth-order valence-electron chi connectivity index (χ4n) is 1.58. The molecule has 10 nitrogen and oxygen atoms in total. The van der Waals surface area contributed by atoms with Crippen LogP contribution in [0.2, 0.25) is 0 Å². The van der Waals surface area contributed by atoms with Crippen molar-refractivity contribution in [2.45, 2.75) is 32.4 Å². The van der Waals surface area contributed by atoms with Crippen LogP contribution in [0.3, 0.4) is 0 Å². The summed E-state index contributed by atoms with van der Waals surface area (Å²) in [6.45, 7) is 2.99. The van der Waals surface area contributed by atoms with Crippen molar-refractivity contribution in [3.8, 4) is 0 Å². The Morgan fingerprint density at radius 1 is 1.00 bits per heavy atom. The molecular weight excluding hydrogens is 300 g/mol. The number of carbonyl (C=O) groups excluding carboxylic acids is 1. The molecule has 0 aromatic heterocycles. The lowest BCUT2D eigenvalue weighted by molar-refractivity contribution is -0.147. The Hall–Kier alpha value is -2.36. The van der Waals surface area contributed by atoms with Crippen LogP contribution in [0.1, 0.15) is 20.3 Å². The molecule has 22 heavy (non-hydrogen) atoms. The molecule has 0 aliphatic carbocycles. The number of carboxylic acid groups (broad SMARTS) is 3. The number of nitrogens with one attached hydrogen (secondary N) is 1. The van der Waals surface area contributed by atoms with Crippen molar-refractivity contribution in [2.75, 3.05) is 13.1 Å². The normalized spacial score (nSPS) is 13.3. The summed E-state index contributed by atoms with van der Waals surface area (Å²) in [6, 6.07) is -2.61. The van der Waals surface area contributed by atoms with Gasteiger partial charge in [0.15, 0.2) is 6.10 Å². The molecule has 0 rings (SSSR count). The van der Waals surface area contributed by atoms with Crippen LogP contribution in [0.4, 0.5) is 4.79 Å². The molecule has 0 spiro atoms. The quantitative estimate of drug-likeness (QED) is 0.362. The van der Waals surface area contributed by atoms with E-state index in [0.29, 0.717) is 0 Å². The van der Waals surface area contributed by atoms with Crippen molar-refractivity contribution in [1.82, 2.24) is 10.2 Å². The third-order valence-corrected chi connectivity index (χ3v) is 2.53. The highest BCUT2D eigenvalue weighted by atomic mass is 16.4. The van der Waals surface area contributed by atoms with Crippen LogP contribution >= 0.6 is 0 Å². The van der Waals surface area contributed by atoms with Crippen molar-refractivity contribution in [3.05, 3.63) is 0 Å². The molecule has 0 aliphatic rings. The van der Waals surface area contributed by atoms with E-state index in [2.05, 4.69) is 0 Å². The van der Waals surface area contributed by atoms with Crippen molar-refractivity contribution < 1.29 is 39.6 Å². The zero-order chi connectivity index (χ0) is 17.4. The fraction of sp³-hybridized carbons (Fsp3) is 0.667. The molecule has 2 unspecified atom stereocenters. The van der Waals surface area contributed by atoms with Gasteiger partial charge in [-0.05, 0) is 5.92 Å². The van der Waals surface area contributed by atoms with E-state index in [0.717, 1.165) is 4.90 Å². The van der Waals surface area contributed by atoms with Gasteiger partial charge < -0.3 is 30.6 Å². The molecule has 0 aromatic rings. The summed E-state index contributed by atoms with van der Waals surface area (Å²) in [7, 11) is 0. The first-order valence-electron chi connectivity index (χ1n) is 6.45. The van der Waals surface area contributed by atoms with Crippen LogP contribution in [0.25, 0.3) is 0 Å². The first-order valence-corrected chi connectivity index (χ1v) is 6.45. The maximum atomic E-state index is 12.0. The maximum absolute atomic E-state index is 12.0. The molecular formula is C12H20N2O8. The number of carbonyl (C=O) groups is 4. The lowest BCUT2D eigenvalue weighted by Crippen LogP contribution is -2.52. The van der Waals surface area contributed by atoms with Gasteiger partial charge in [0, 0.05) is 6.54 Å². The van der Waals surface area contributed by atoms with E-state index in [1.165, 1.54) is 0 Å². The summed E-state index contributed by atoms with van der Waals surface area (Å²) < 4.78 is 0. The van der Waals surface area contributed by atoms with Gasteiger partial charge in [-0.15, -0.1) is 0 Å². The van der Waals surface area contributed by atoms with Gasteiger partial charge in [-0.25, -0.2) is 14.4 Å². The molecule has 10 heteroatoms. The number of hydrogen-bond acceptors (Lipinski definition) is 5. The summed E-state index contributed by atoms with van der Waals surface area (Å²) in [5.74, 6) is -4.54. The second-order valence-corrected chi connectivity index (χ2v) is 5.09. The molecule has 0 aliphatic heterocycles. The zero-order valence-corrected chi connectivity index (χ0v) is 12.2. The second-order valence-electron chi connectivity index (χ2n) is 5.09. The summed E-state index contributed by atoms with van der Waals surface area (Å²) in [5.41, 5.74) is 0. The number of aliphatic hydroxyl groups is 1. The minimum absolute atomic E-state index is 0.0651. The average Bonchev–Trinajstić information content (AvgIpc) is 2.35. The molecule has 2 amide bonds. The maximum Gasteiger partial charge on any atom is 0.334 e. The number of rotatable bonds is 9. The van der Waals surface area contributed by atoms with Gasteiger partial charge in [0.05, 0.1) is 13.0 Å². The molecule has 2 atom stereocenters. The van der Waals surface area contributed by atoms with Gasteiger partial charge in [0.1, 0.15) is 6.04 Å². The Balaban J connectivity index is 4.96. The second kappa shape index (κ2) is 8.82. The number of carboxylic acids is 3. The van der Waals surface area contributed by atoms with Crippen molar-refractivity contribution >= 4 is 23.9 Å². The van der Waals surface area contributed by atoms with Crippen LogP contribution in [-0.2, 0) is 14.4 Å². The summed E-state index contributed by atoms with van der Waals surface area (Å²) >= 11 is 0. The Kier molecular flexibility index (Phi) is 7.88. The standard InChI is InChI=1S/C12H20N2O8/c1-6(2)4-14(5-8(15)11(20)21)12(22)13-7(10(18)19)3-9(16)17/h6-8,15H,3-5H2,1-2H3,(H,13,22)(H,16,17)(H,18,19)(H,20,21). The molecule has 0 saturated heterocycles. The SMILES string of the molecule is CC(C)CN(CC(O)C(=O)O)C(=O)NC(CC(=O)O)C(=O)O. The molecule has 0 aromatic carbocycles. The van der Waals surface area contributed by atoms with Crippen LogP contribution in [0.5, 0.6) is 0 Å². The molecule has 0 saturated carbocycles. The minimum Gasteiger partial charge on any atom is -0.481 e. The number of aliphatic carboxylic acids is 3. The van der Waals surface area contributed by atoms with Crippen LogP contribution in [0.15, 0.2) is 0 Å². The van der Waals surface area contributed by atoms with Crippen molar-refractivity contribution in [2.24, 2.45) is 5.92 Å². The zero-order valence-electron chi connectivity index (χ0n) is 12.2. The highest BCUT2D eigenvalue weighted by Crippen LogP contribution is 2.03. The van der Waals surface area contributed by atoms with Gasteiger partial charge in [-0.1, -0.05) is 13.8 Å². The van der Waals surface area contributed by atoms with Gasteiger partial charge in [-0.2, -0.15) is 0 Å². The van der Waals surface area contributed by atoms with Crippen molar-refractivity contribution in [3.63, 3.8) is 0 Å². The van der Waals surface area contributed by atoms with Crippen LogP contribution in [0, 0.1) is 5.92 Å². The summed E-state index contributed by atoms with van der Waals surface area (Å²) in [4.78, 5) is 45.0. The molecule has 5 N–H and O–H groups in total. The minimum atomic E-state index is -1.83. The number of urea groups is 1. The Labute approximate surface area is 126 Å². The van der Waals surface area contributed by atoms with E-state index in [1.54, 1.807) is 13.8 Å². The first kappa shape index (κ1) is 19.6. The lowest BCUT2D eigenvalue weighted by Gasteiger charge is -2.27. The predicted molar refractivity (Wildman–Crippen MR) is 72.3 cm³/mol. The topological polar surface area (TPSA) is 164 Å². The van der Waals surface area contributed by atoms with Crippen LogP contribution in [-0.4, -0.2) is 74.5 Å². The molecule has 126 valence electrons. The monoisotopic (exact) mass is 320 g/mol. The van der Waals surface area contributed by atoms with E-state index in [9.17, 15) is 24.3 Å². The largest absolute Gasteiger partial charge is 0.481 e. The number of hydrogen-bond donors (Lipinski definition) is 5. The van der Waals surface area contributed by atoms with E-state index >= 15 is 0 Å². The summed E-state index contributed by atoms with van der Waals surface area (Å²) in [6.07, 6.45) is -2.65. The lowest BCUT2D eigenvalue weighted by atomic mass is 10.2. The number of aliphatic hydroxyl groups excluding tert-OH is 1. The summed E-state index contributed by atoms with van der Waals surface area (Å²) in [5, 5.41) is 37.4. The van der Waals surface area contributed by atoms with Gasteiger partial charge in [-0.3, -0.25) is 4.79 Å². The van der Waals surface area contributed by atoms with Gasteiger partial charge in [0.25, 0.3) is 0 Å². The predicted octanol–water partition coefficient (Wildman–Crippen LogP) is -0.973.